The number of halogens is 1. The van der Waals surface area contributed by atoms with Crippen LogP contribution in [0.15, 0.2) is 58.0 Å². The summed E-state index contributed by atoms with van der Waals surface area (Å²) in [5.74, 6) is 0.414. The largest absolute Gasteiger partial charge is 0.368 e. The third-order valence-corrected chi connectivity index (χ3v) is 6.29. The average Bonchev–Trinajstić information content (AvgIpc) is 3.06. The van der Waals surface area contributed by atoms with Crippen LogP contribution in [0, 0.1) is 6.92 Å². The topological polar surface area (TPSA) is 96.7 Å². The van der Waals surface area contributed by atoms with Crippen LogP contribution in [0.3, 0.4) is 0 Å². The molecule has 0 saturated heterocycles. The zero-order valence-electron chi connectivity index (χ0n) is 18.2. The minimum absolute atomic E-state index is 0.0516. The summed E-state index contributed by atoms with van der Waals surface area (Å²) in [5.41, 5.74) is 1.90. The lowest BCUT2D eigenvalue weighted by Gasteiger charge is -2.11. The van der Waals surface area contributed by atoms with Crippen LogP contribution < -0.4 is 5.32 Å². The summed E-state index contributed by atoms with van der Waals surface area (Å²) >= 11 is 6.13. The smallest absolute Gasteiger partial charge is 0.284 e. The lowest BCUT2D eigenvalue weighted by Crippen LogP contribution is -2.15. The molecule has 1 N–H and O–H groups in total. The van der Waals surface area contributed by atoms with E-state index in [-0.39, 0.29) is 17.2 Å². The molecular weight excluding hydrogens is 450 g/mol. The molecule has 0 bridgehead atoms. The zero-order valence-corrected chi connectivity index (χ0v) is 19.8. The van der Waals surface area contributed by atoms with Crippen LogP contribution >= 0.6 is 11.6 Å². The van der Waals surface area contributed by atoms with Crippen LogP contribution in [-0.4, -0.2) is 49.2 Å². The average molecular weight is 474 g/mol. The predicted octanol–water partition coefficient (Wildman–Crippen LogP) is 3.51. The fourth-order valence-corrected chi connectivity index (χ4v) is 4.30. The van der Waals surface area contributed by atoms with Crippen molar-refractivity contribution in [2.24, 2.45) is 11.4 Å². The summed E-state index contributed by atoms with van der Waals surface area (Å²) in [6.45, 7) is 1.82. The molecule has 0 radical (unpaired) electrons. The number of hydrogen-bond acceptors (Lipinski definition) is 4. The molecular formula is C22H24ClN5O3S. The second-order valence-electron chi connectivity index (χ2n) is 7.47. The maximum absolute atomic E-state index is 13.0. The number of imidazole rings is 1. The molecule has 0 atom stereocenters. The summed E-state index contributed by atoms with van der Waals surface area (Å²) in [4.78, 5) is 18.5. The maximum atomic E-state index is 13.0. The van der Waals surface area contributed by atoms with Gasteiger partial charge in [-0.3, -0.25) is 4.79 Å². The summed E-state index contributed by atoms with van der Waals surface area (Å²) in [6, 6.07) is 11.7. The van der Waals surface area contributed by atoms with Gasteiger partial charge < -0.3 is 14.8 Å². The van der Waals surface area contributed by atoms with Gasteiger partial charge in [-0.25, -0.2) is 4.98 Å². The normalized spacial score (nSPS) is 11.7. The molecule has 0 saturated carbocycles. The van der Waals surface area contributed by atoms with E-state index >= 15 is 0 Å². The summed E-state index contributed by atoms with van der Waals surface area (Å²) in [6.07, 6.45) is 3.02. The number of aryl methyl sites for hydroxylation is 2. The summed E-state index contributed by atoms with van der Waals surface area (Å²) in [7, 11) is 1.12. The van der Waals surface area contributed by atoms with Gasteiger partial charge >= 0.3 is 0 Å². The fraction of sp³-hybridized carbons (Fsp3) is 0.227. The van der Waals surface area contributed by atoms with E-state index in [4.69, 9.17) is 11.6 Å². The molecule has 0 spiro atoms. The van der Waals surface area contributed by atoms with Crippen molar-refractivity contribution < 1.29 is 13.2 Å². The third-order valence-electron chi connectivity index (χ3n) is 4.65. The highest BCUT2D eigenvalue weighted by Gasteiger charge is 2.22. The van der Waals surface area contributed by atoms with Crippen molar-refractivity contribution >= 4 is 39.6 Å². The van der Waals surface area contributed by atoms with Crippen LogP contribution in [-0.2, 0) is 28.3 Å². The Morgan fingerprint density at radius 3 is 2.59 bits per heavy atom. The number of rotatable bonds is 7. The quantitative estimate of drug-likeness (QED) is 0.418. The van der Waals surface area contributed by atoms with Gasteiger partial charge in [0.25, 0.3) is 10.0 Å². The SMILES string of the molecule is Cc1nc(-c2ccc(NC(=O)Cc3ccccc3Cl)cc2S(=O)(=O)/N=C/N(C)C)cn1C. The molecule has 8 nitrogen and oxygen atoms in total. The lowest BCUT2D eigenvalue weighted by molar-refractivity contribution is -0.115. The molecule has 168 valence electrons. The number of aromatic nitrogens is 2. The Hall–Kier alpha value is -3.17. The van der Waals surface area contributed by atoms with Crippen molar-refractivity contribution in [1.29, 1.82) is 0 Å². The second kappa shape index (κ2) is 9.54. The number of anilines is 1. The summed E-state index contributed by atoms with van der Waals surface area (Å²) in [5, 5.41) is 3.23. The monoisotopic (exact) mass is 473 g/mol. The number of nitrogens with one attached hydrogen (secondary N) is 1. The number of carbonyl (C=O) groups excluding carboxylic acids is 1. The van der Waals surface area contributed by atoms with Gasteiger partial charge in [0.1, 0.15) is 17.1 Å². The van der Waals surface area contributed by atoms with E-state index in [9.17, 15) is 13.2 Å². The van der Waals surface area contributed by atoms with Gasteiger partial charge in [-0.15, -0.1) is 4.40 Å². The molecule has 10 heteroatoms. The number of carbonyl (C=O) groups is 1. The van der Waals surface area contributed by atoms with Gasteiger partial charge in [0, 0.05) is 43.6 Å². The van der Waals surface area contributed by atoms with Crippen LogP contribution in [0.5, 0.6) is 0 Å². The number of hydrogen-bond donors (Lipinski definition) is 1. The molecule has 0 fully saturated rings. The van der Waals surface area contributed by atoms with Crippen LogP contribution in [0.2, 0.25) is 5.02 Å². The number of benzene rings is 2. The van der Waals surface area contributed by atoms with Crippen LogP contribution in [0.1, 0.15) is 11.4 Å². The van der Waals surface area contributed by atoms with E-state index in [0.717, 1.165) is 5.82 Å². The van der Waals surface area contributed by atoms with Gasteiger partial charge in [-0.2, -0.15) is 8.42 Å². The summed E-state index contributed by atoms with van der Waals surface area (Å²) < 4.78 is 31.6. The Bertz CT molecular complexity index is 1260. The first-order valence-electron chi connectivity index (χ1n) is 9.71. The van der Waals surface area contributed by atoms with Crippen molar-refractivity contribution in [3.8, 4) is 11.3 Å². The predicted molar refractivity (Wildman–Crippen MR) is 127 cm³/mol. The van der Waals surface area contributed by atoms with Crippen molar-refractivity contribution in [2.45, 2.75) is 18.2 Å². The van der Waals surface area contributed by atoms with E-state index in [0.29, 0.717) is 27.5 Å². The molecule has 0 unspecified atom stereocenters. The minimum atomic E-state index is -4.06. The van der Waals surface area contributed by atoms with Crippen molar-refractivity contribution in [2.75, 3.05) is 19.4 Å². The fourth-order valence-electron chi connectivity index (χ4n) is 2.95. The Morgan fingerprint density at radius 1 is 1.25 bits per heavy atom. The first-order chi connectivity index (χ1) is 15.1. The van der Waals surface area contributed by atoms with Gasteiger partial charge in [0.2, 0.25) is 5.91 Å². The number of amides is 1. The molecule has 2 aromatic carbocycles. The Balaban J connectivity index is 1.99. The highest BCUT2D eigenvalue weighted by atomic mass is 35.5. The van der Waals surface area contributed by atoms with Gasteiger partial charge in [-0.1, -0.05) is 29.8 Å². The van der Waals surface area contributed by atoms with Crippen molar-refractivity contribution in [1.82, 2.24) is 14.5 Å². The molecule has 0 aliphatic rings. The standard InChI is InChI=1S/C22H24ClN5O3S/c1-15-25-20(13-28(15)4)18-10-9-17(12-21(18)32(30,31)24-14-27(2)3)26-22(29)11-16-7-5-6-8-19(16)23/h5-10,12-14H,11H2,1-4H3,(H,26,29)/b24-14+. The van der Waals surface area contributed by atoms with E-state index in [1.54, 1.807) is 61.3 Å². The first-order valence-corrected chi connectivity index (χ1v) is 11.5. The lowest BCUT2D eigenvalue weighted by atomic mass is 10.1. The molecule has 0 aliphatic heterocycles. The minimum Gasteiger partial charge on any atom is -0.368 e. The van der Waals surface area contributed by atoms with Crippen molar-refractivity contribution in [3.05, 3.63) is 65.1 Å². The molecule has 0 aliphatic carbocycles. The van der Waals surface area contributed by atoms with E-state index in [1.165, 1.54) is 17.3 Å². The third kappa shape index (κ3) is 5.54. The highest BCUT2D eigenvalue weighted by molar-refractivity contribution is 7.90. The van der Waals surface area contributed by atoms with E-state index < -0.39 is 10.0 Å². The van der Waals surface area contributed by atoms with Gasteiger partial charge in [-0.05, 0) is 36.8 Å². The number of nitrogens with zero attached hydrogens (tertiary/aromatic N) is 4. The maximum Gasteiger partial charge on any atom is 0.284 e. The number of sulfonamides is 1. The molecule has 1 heterocycles. The van der Waals surface area contributed by atoms with Gasteiger partial charge in [0.15, 0.2) is 0 Å². The van der Waals surface area contributed by atoms with E-state index in [1.807, 2.05) is 14.0 Å². The van der Waals surface area contributed by atoms with E-state index in [2.05, 4.69) is 14.7 Å². The second-order valence-corrected chi connectivity index (χ2v) is 9.48. The molecule has 1 amide bonds. The molecule has 3 aromatic rings. The Morgan fingerprint density at radius 2 is 1.97 bits per heavy atom. The first kappa shape index (κ1) is 23.5. The van der Waals surface area contributed by atoms with Crippen LogP contribution in [0.4, 0.5) is 5.69 Å². The zero-order chi connectivity index (χ0) is 23.5. The highest BCUT2D eigenvalue weighted by Crippen LogP contribution is 2.31. The Labute approximate surface area is 192 Å². The molecule has 32 heavy (non-hydrogen) atoms. The van der Waals surface area contributed by atoms with Gasteiger partial charge in [0.05, 0.1) is 12.1 Å². The van der Waals surface area contributed by atoms with Crippen molar-refractivity contribution in [3.63, 3.8) is 0 Å². The molecule has 1 aromatic heterocycles. The van der Waals surface area contributed by atoms with Crippen LogP contribution in [0.25, 0.3) is 11.3 Å². The Kier molecular flexibility index (Phi) is 7.00. The molecule has 3 rings (SSSR count).